The van der Waals surface area contributed by atoms with Crippen LogP contribution in [0.15, 0.2) is 39.0 Å². The summed E-state index contributed by atoms with van der Waals surface area (Å²) >= 11 is 4.52. The SMILES string of the molecule is C=C(C)CSc1nnc(SCC(=O)c2ccc3c(c2)OCCO3)s1. The molecule has 1 aromatic heterocycles. The molecule has 1 aliphatic heterocycles. The fraction of sp³-hybridized carbons (Fsp3) is 0.312. The molecular formula is C16H16N2O3S3. The molecular weight excluding hydrogens is 364 g/mol. The Balaban J connectivity index is 1.56. The number of benzene rings is 1. The van der Waals surface area contributed by atoms with Crippen molar-refractivity contribution < 1.29 is 14.3 Å². The summed E-state index contributed by atoms with van der Waals surface area (Å²) in [5.74, 6) is 2.50. The molecule has 24 heavy (non-hydrogen) atoms. The van der Waals surface area contributed by atoms with Gasteiger partial charge in [-0.05, 0) is 25.1 Å². The predicted molar refractivity (Wildman–Crippen MR) is 97.9 cm³/mol. The van der Waals surface area contributed by atoms with Crippen LogP contribution in [0.5, 0.6) is 11.5 Å². The fourth-order valence-corrected chi connectivity index (χ4v) is 4.68. The number of carbonyl (C=O) groups excluding carboxylic acids is 1. The predicted octanol–water partition coefficient (Wildman–Crippen LogP) is 3.95. The molecule has 126 valence electrons. The number of thioether (sulfide) groups is 2. The Kier molecular flexibility index (Phi) is 5.80. The van der Waals surface area contributed by atoms with Crippen LogP contribution in [0.3, 0.4) is 0 Å². The third-order valence-electron chi connectivity index (χ3n) is 3.02. The monoisotopic (exact) mass is 380 g/mol. The lowest BCUT2D eigenvalue weighted by molar-refractivity contribution is 0.102. The quantitative estimate of drug-likeness (QED) is 0.409. The van der Waals surface area contributed by atoms with Gasteiger partial charge in [0.1, 0.15) is 13.2 Å². The van der Waals surface area contributed by atoms with Crippen LogP contribution in [0.4, 0.5) is 0 Å². The molecule has 0 fully saturated rings. The molecule has 0 bridgehead atoms. The van der Waals surface area contributed by atoms with E-state index >= 15 is 0 Å². The normalized spacial score (nSPS) is 12.9. The highest BCUT2D eigenvalue weighted by molar-refractivity contribution is 8.03. The van der Waals surface area contributed by atoms with E-state index in [0.29, 0.717) is 36.0 Å². The van der Waals surface area contributed by atoms with Crippen LogP contribution in [0.25, 0.3) is 0 Å². The van der Waals surface area contributed by atoms with Gasteiger partial charge in [-0.25, -0.2) is 0 Å². The summed E-state index contributed by atoms with van der Waals surface area (Å²) in [6, 6.07) is 5.29. The Morgan fingerprint density at radius 1 is 1.17 bits per heavy atom. The molecule has 2 aromatic rings. The lowest BCUT2D eigenvalue weighted by Gasteiger charge is -2.18. The number of fused-ring (bicyclic) bond motifs is 1. The van der Waals surface area contributed by atoms with Crippen molar-refractivity contribution in [2.75, 3.05) is 24.7 Å². The summed E-state index contributed by atoms with van der Waals surface area (Å²) < 4.78 is 12.7. The zero-order valence-electron chi connectivity index (χ0n) is 13.1. The zero-order valence-corrected chi connectivity index (χ0v) is 15.6. The molecule has 1 aliphatic rings. The summed E-state index contributed by atoms with van der Waals surface area (Å²) in [5, 5.41) is 8.23. The van der Waals surface area contributed by atoms with Crippen molar-refractivity contribution in [2.45, 2.75) is 15.6 Å². The van der Waals surface area contributed by atoms with Gasteiger partial charge in [0, 0.05) is 11.3 Å². The standard InChI is InChI=1S/C16H16N2O3S3/c1-10(2)8-22-15-17-18-16(24-15)23-9-12(19)11-3-4-13-14(7-11)21-6-5-20-13/h3-4,7H,1,5-6,8-9H2,2H3. The zero-order chi connectivity index (χ0) is 16.9. The second-order valence-corrected chi connectivity index (χ2v) is 8.57. The van der Waals surface area contributed by atoms with Crippen LogP contribution in [0.2, 0.25) is 0 Å². The minimum absolute atomic E-state index is 0.0308. The van der Waals surface area contributed by atoms with Gasteiger partial charge in [0.15, 0.2) is 26.0 Å². The van der Waals surface area contributed by atoms with Crippen molar-refractivity contribution in [3.8, 4) is 11.5 Å². The molecule has 0 saturated carbocycles. The van der Waals surface area contributed by atoms with Crippen LogP contribution in [0.1, 0.15) is 17.3 Å². The third kappa shape index (κ3) is 4.52. The van der Waals surface area contributed by atoms with E-state index in [1.807, 2.05) is 6.92 Å². The van der Waals surface area contributed by atoms with Crippen molar-refractivity contribution in [1.82, 2.24) is 10.2 Å². The van der Waals surface area contributed by atoms with E-state index in [0.717, 1.165) is 20.0 Å². The molecule has 1 aromatic carbocycles. The number of nitrogens with zero attached hydrogens (tertiary/aromatic N) is 2. The molecule has 8 heteroatoms. The lowest BCUT2D eigenvalue weighted by atomic mass is 10.1. The number of ketones is 1. The van der Waals surface area contributed by atoms with Gasteiger partial charge in [-0.3, -0.25) is 4.79 Å². The van der Waals surface area contributed by atoms with Crippen molar-refractivity contribution in [1.29, 1.82) is 0 Å². The van der Waals surface area contributed by atoms with Crippen LogP contribution in [-0.4, -0.2) is 40.7 Å². The second kappa shape index (κ2) is 8.04. The number of Topliss-reactive ketones (excluding diaryl/α,β-unsaturated/α-hetero) is 1. The van der Waals surface area contributed by atoms with Gasteiger partial charge in [0.05, 0.1) is 5.75 Å². The molecule has 0 N–H and O–H groups in total. The lowest BCUT2D eigenvalue weighted by Crippen LogP contribution is -2.16. The molecule has 0 atom stereocenters. The summed E-state index contributed by atoms with van der Waals surface area (Å²) in [6.45, 7) is 6.90. The molecule has 0 spiro atoms. The molecule has 3 rings (SSSR count). The number of aromatic nitrogens is 2. The Morgan fingerprint density at radius 3 is 2.54 bits per heavy atom. The molecule has 0 saturated heterocycles. The average Bonchev–Trinajstić information content (AvgIpc) is 3.05. The van der Waals surface area contributed by atoms with E-state index in [1.165, 1.54) is 23.1 Å². The first-order valence-electron chi connectivity index (χ1n) is 7.28. The summed E-state index contributed by atoms with van der Waals surface area (Å²) in [4.78, 5) is 12.3. The minimum atomic E-state index is 0.0308. The smallest absolute Gasteiger partial charge is 0.175 e. The highest BCUT2D eigenvalue weighted by Crippen LogP contribution is 2.32. The average molecular weight is 381 g/mol. The molecule has 0 amide bonds. The van der Waals surface area contributed by atoms with E-state index in [4.69, 9.17) is 9.47 Å². The number of ether oxygens (including phenoxy) is 2. The van der Waals surface area contributed by atoms with E-state index in [2.05, 4.69) is 16.8 Å². The summed E-state index contributed by atoms with van der Waals surface area (Å²) in [5.41, 5.74) is 1.71. The second-order valence-electron chi connectivity index (χ2n) is 5.15. The topological polar surface area (TPSA) is 61.3 Å². The van der Waals surface area contributed by atoms with Gasteiger partial charge in [-0.1, -0.05) is 47.0 Å². The number of hydrogen-bond donors (Lipinski definition) is 0. The third-order valence-corrected chi connectivity index (χ3v) is 6.44. The van der Waals surface area contributed by atoms with Crippen molar-refractivity contribution in [2.24, 2.45) is 0 Å². The van der Waals surface area contributed by atoms with Gasteiger partial charge in [0.25, 0.3) is 0 Å². The molecule has 0 unspecified atom stereocenters. The minimum Gasteiger partial charge on any atom is -0.486 e. The molecule has 0 radical (unpaired) electrons. The molecule has 0 aliphatic carbocycles. The molecule has 2 heterocycles. The van der Waals surface area contributed by atoms with Gasteiger partial charge < -0.3 is 9.47 Å². The van der Waals surface area contributed by atoms with Crippen LogP contribution in [-0.2, 0) is 0 Å². The first-order valence-corrected chi connectivity index (χ1v) is 10.1. The van der Waals surface area contributed by atoms with Gasteiger partial charge in [-0.15, -0.1) is 10.2 Å². The Morgan fingerprint density at radius 2 is 1.83 bits per heavy atom. The van der Waals surface area contributed by atoms with Crippen LogP contribution < -0.4 is 9.47 Å². The highest BCUT2D eigenvalue weighted by Gasteiger charge is 2.16. The highest BCUT2D eigenvalue weighted by atomic mass is 32.2. The van der Waals surface area contributed by atoms with Crippen molar-refractivity contribution >= 4 is 40.6 Å². The Bertz CT molecular complexity index is 761. The van der Waals surface area contributed by atoms with Gasteiger partial charge >= 0.3 is 0 Å². The first-order chi connectivity index (χ1) is 11.6. The maximum atomic E-state index is 12.3. The number of hydrogen-bond acceptors (Lipinski definition) is 8. The fourth-order valence-electron chi connectivity index (χ4n) is 1.93. The van der Waals surface area contributed by atoms with E-state index in [9.17, 15) is 4.79 Å². The van der Waals surface area contributed by atoms with Crippen molar-refractivity contribution in [3.63, 3.8) is 0 Å². The van der Waals surface area contributed by atoms with E-state index < -0.39 is 0 Å². The van der Waals surface area contributed by atoms with Gasteiger partial charge in [-0.2, -0.15) is 0 Å². The van der Waals surface area contributed by atoms with Gasteiger partial charge in [0.2, 0.25) is 0 Å². The summed E-state index contributed by atoms with van der Waals surface area (Å²) in [7, 11) is 0. The van der Waals surface area contributed by atoms with Crippen molar-refractivity contribution in [3.05, 3.63) is 35.9 Å². The summed E-state index contributed by atoms with van der Waals surface area (Å²) in [6.07, 6.45) is 0. The van der Waals surface area contributed by atoms with Crippen LogP contribution >= 0.6 is 34.9 Å². The maximum absolute atomic E-state index is 12.3. The molecule has 5 nitrogen and oxygen atoms in total. The largest absolute Gasteiger partial charge is 0.486 e. The van der Waals surface area contributed by atoms with E-state index in [-0.39, 0.29) is 5.78 Å². The van der Waals surface area contributed by atoms with E-state index in [1.54, 1.807) is 30.0 Å². The maximum Gasteiger partial charge on any atom is 0.175 e. The number of rotatable bonds is 7. The number of carbonyl (C=O) groups is 1. The Labute approximate surface area is 152 Å². The van der Waals surface area contributed by atoms with Crippen LogP contribution in [0, 0.1) is 0 Å². The Hall–Kier alpha value is -1.51. The first kappa shape index (κ1) is 17.3.